The van der Waals surface area contributed by atoms with E-state index in [1.165, 1.54) is 21.3 Å². The highest BCUT2D eigenvalue weighted by Crippen LogP contribution is 2.41. The Kier molecular flexibility index (Phi) is 4.76. The molecule has 3 unspecified atom stereocenters. The molecule has 1 fully saturated rings. The zero-order valence-electron chi connectivity index (χ0n) is 13.2. The van der Waals surface area contributed by atoms with Crippen LogP contribution in [-0.4, -0.2) is 27.2 Å². The lowest BCUT2D eigenvalue weighted by atomic mass is 10.1. The molecule has 22 heavy (non-hydrogen) atoms. The van der Waals surface area contributed by atoms with E-state index in [1.807, 2.05) is 6.92 Å². The number of nitrogens with zero attached hydrogens (tertiary/aromatic N) is 1. The second-order valence-electron chi connectivity index (χ2n) is 5.35. The summed E-state index contributed by atoms with van der Waals surface area (Å²) in [5.41, 5.74) is 0.596. The van der Waals surface area contributed by atoms with Crippen LogP contribution in [-0.2, 0) is 4.79 Å². The summed E-state index contributed by atoms with van der Waals surface area (Å²) < 4.78 is 15.8. The lowest BCUT2D eigenvalue weighted by Crippen LogP contribution is -2.29. The highest BCUT2D eigenvalue weighted by atomic mass is 16.5. The number of nitriles is 1. The number of rotatable bonds is 6. The normalized spacial score (nSPS) is 20.5. The molecule has 3 atom stereocenters. The number of hydrogen-bond acceptors (Lipinski definition) is 5. The summed E-state index contributed by atoms with van der Waals surface area (Å²) in [6.07, 6.45) is 0.874. The Morgan fingerprint density at radius 1 is 1.27 bits per heavy atom. The van der Waals surface area contributed by atoms with Gasteiger partial charge in [0.25, 0.3) is 0 Å². The summed E-state index contributed by atoms with van der Waals surface area (Å²) >= 11 is 0. The fourth-order valence-electron chi connectivity index (χ4n) is 2.39. The second-order valence-corrected chi connectivity index (χ2v) is 5.35. The minimum atomic E-state index is -0.756. The predicted octanol–water partition coefficient (Wildman–Crippen LogP) is 2.05. The van der Waals surface area contributed by atoms with Crippen LogP contribution < -0.4 is 19.5 Å². The molecule has 0 aromatic heterocycles. The van der Waals surface area contributed by atoms with Crippen molar-refractivity contribution < 1.29 is 19.0 Å². The fourth-order valence-corrected chi connectivity index (χ4v) is 2.39. The first kappa shape index (κ1) is 16.0. The number of carbonyl (C=O) groups excluding carboxylic acids is 1. The summed E-state index contributed by atoms with van der Waals surface area (Å²) in [6, 6.07) is 4.69. The largest absolute Gasteiger partial charge is 0.493 e. The Bertz CT molecular complexity index is 584. The highest BCUT2D eigenvalue weighted by molar-refractivity contribution is 5.82. The zero-order chi connectivity index (χ0) is 16.3. The van der Waals surface area contributed by atoms with Crippen molar-refractivity contribution in [3.05, 3.63) is 17.7 Å². The third-order valence-electron chi connectivity index (χ3n) is 3.88. The molecule has 0 aliphatic heterocycles. The topological polar surface area (TPSA) is 80.6 Å². The first-order valence-electron chi connectivity index (χ1n) is 7.05. The minimum Gasteiger partial charge on any atom is -0.493 e. The van der Waals surface area contributed by atoms with E-state index in [9.17, 15) is 10.1 Å². The molecular weight excluding hydrogens is 284 g/mol. The second kappa shape index (κ2) is 6.56. The molecule has 1 amide bonds. The maximum atomic E-state index is 12.0. The average molecular weight is 304 g/mol. The summed E-state index contributed by atoms with van der Waals surface area (Å²) in [4.78, 5) is 12.0. The van der Waals surface area contributed by atoms with Gasteiger partial charge < -0.3 is 19.5 Å². The van der Waals surface area contributed by atoms with Gasteiger partial charge in [-0.2, -0.15) is 5.26 Å². The van der Waals surface area contributed by atoms with Crippen LogP contribution in [0.2, 0.25) is 0 Å². The van der Waals surface area contributed by atoms with Crippen molar-refractivity contribution in [1.82, 2.24) is 5.32 Å². The van der Waals surface area contributed by atoms with E-state index in [2.05, 4.69) is 11.4 Å². The molecule has 0 saturated heterocycles. The van der Waals surface area contributed by atoms with Gasteiger partial charge in [0.2, 0.25) is 11.7 Å². The number of carbonyl (C=O) groups is 1. The SMILES string of the molecule is COc1cc(C(C#N)NC(=O)C2CC2C)cc(OC)c1OC. The van der Waals surface area contributed by atoms with Gasteiger partial charge in [0.15, 0.2) is 11.5 Å². The van der Waals surface area contributed by atoms with Gasteiger partial charge in [-0.1, -0.05) is 6.92 Å². The first-order valence-corrected chi connectivity index (χ1v) is 7.05. The van der Waals surface area contributed by atoms with Crippen LogP contribution in [0.15, 0.2) is 12.1 Å². The van der Waals surface area contributed by atoms with Gasteiger partial charge in [0.05, 0.1) is 27.4 Å². The number of hydrogen-bond donors (Lipinski definition) is 1. The molecule has 0 heterocycles. The maximum absolute atomic E-state index is 12.0. The van der Waals surface area contributed by atoms with Crippen LogP contribution >= 0.6 is 0 Å². The minimum absolute atomic E-state index is 0.0119. The van der Waals surface area contributed by atoms with E-state index >= 15 is 0 Å². The van der Waals surface area contributed by atoms with Crippen molar-refractivity contribution in [1.29, 1.82) is 5.26 Å². The van der Waals surface area contributed by atoms with Crippen LogP contribution in [0.4, 0.5) is 0 Å². The van der Waals surface area contributed by atoms with E-state index in [4.69, 9.17) is 14.2 Å². The van der Waals surface area contributed by atoms with Gasteiger partial charge in [-0.3, -0.25) is 4.79 Å². The smallest absolute Gasteiger partial charge is 0.224 e. The summed E-state index contributed by atoms with van der Waals surface area (Å²) in [5, 5.41) is 12.1. The molecule has 0 spiro atoms. The molecule has 2 rings (SSSR count). The molecule has 6 nitrogen and oxygen atoms in total. The van der Waals surface area contributed by atoms with Gasteiger partial charge in [-0.25, -0.2) is 0 Å². The Morgan fingerprint density at radius 3 is 2.18 bits per heavy atom. The molecule has 118 valence electrons. The Morgan fingerprint density at radius 2 is 1.82 bits per heavy atom. The lowest BCUT2D eigenvalue weighted by Gasteiger charge is -2.17. The maximum Gasteiger partial charge on any atom is 0.224 e. The number of ether oxygens (including phenoxy) is 3. The van der Waals surface area contributed by atoms with E-state index in [-0.39, 0.29) is 11.8 Å². The Labute approximate surface area is 130 Å². The predicted molar refractivity (Wildman–Crippen MR) is 79.9 cm³/mol. The number of benzene rings is 1. The van der Waals surface area contributed by atoms with Crippen LogP contribution in [0.3, 0.4) is 0 Å². The van der Waals surface area contributed by atoms with Crippen LogP contribution in [0.1, 0.15) is 24.9 Å². The Balaban J connectivity index is 2.28. The van der Waals surface area contributed by atoms with Crippen molar-refractivity contribution in [3.63, 3.8) is 0 Å². The van der Waals surface area contributed by atoms with E-state index in [0.717, 1.165) is 6.42 Å². The summed E-state index contributed by atoms with van der Waals surface area (Å²) in [6.45, 7) is 2.02. The monoisotopic (exact) mass is 304 g/mol. The molecule has 6 heteroatoms. The molecule has 1 aromatic carbocycles. The van der Waals surface area contributed by atoms with Gasteiger partial charge in [0.1, 0.15) is 6.04 Å². The fraction of sp³-hybridized carbons (Fsp3) is 0.500. The molecule has 1 aliphatic carbocycles. The van der Waals surface area contributed by atoms with E-state index < -0.39 is 6.04 Å². The summed E-state index contributed by atoms with van der Waals surface area (Å²) in [7, 11) is 4.53. The number of methoxy groups -OCH3 is 3. The molecular formula is C16H20N2O4. The molecule has 0 bridgehead atoms. The third-order valence-corrected chi connectivity index (χ3v) is 3.88. The zero-order valence-corrected chi connectivity index (χ0v) is 13.2. The third kappa shape index (κ3) is 3.08. The van der Waals surface area contributed by atoms with Crippen molar-refractivity contribution in [2.24, 2.45) is 11.8 Å². The van der Waals surface area contributed by atoms with E-state index in [1.54, 1.807) is 12.1 Å². The molecule has 1 N–H and O–H groups in total. The van der Waals surface area contributed by atoms with Gasteiger partial charge in [-0.15, -0.1) is 0 Å². The van der Waals surface area contributed by atoms with Gasteiger partial charge in [-0.05, 0) is 30.0 Å². The summed E-state index contributed by atoms with van der Waals surface area (Å²) in [5.74, 6) is 1.66. The Hall–Kier alpha value is -2.42. The van der Waals surface area contributed by atoms with Crippen molar-refractivity contribution in [2.75, 3.05) is 21.3 Å². The highest BCUT2D eigenvalue weighted by Gasteiger charge is 2.40. The molecule has 1 aromatic rings. The van der Waals surface area contributed by atoms with Crippen LogP contribution in [0.5, 0.6) is 17.2 Å². The number of amides is 1. The van der Waals surface area contributed by atoms with Crippen molar-refractivity contribution in [3.8, 4) is 23.3 Å². The molecule has 1 aliphatic rings. The van der Waals surface area contributed by atoms with Gasteiger partial charge >= 0.3 is 0 Å². The average Bonchev–Trinajstić information content (AvgIpc) is 3.27. The van der Waals surface area contributed by atoms with Crippen LogP contribution in [0.25, 0.3) is 0 Å². The first-order chi connectivity index (χ1) is 10.5. The van der Waals surface area contributed by atoms with Crippen LogP contribution in [0, 0.1) is 23.2 Å². The molecule has 0 radical (unpaired) electrons. The number of nitrogens with one attached hydrogen (secondary N) is 1. The van der Waals surface area contributed by atoms with Crippen molar-refractivity contribution in [2.45, 2.75) is 19.4 Å². The quantitative estimate of drug-likeness (QED) is 0.870. The lowest BCUT2D eigenvalue weighted by molar-refractivity contribution is -0.123. The van der Waals surface area contributed by atoms with Crippen molar-refractivity contribution >= 4 is 5.91 Å². The standard InChI is InChI=1S/C16H20N2O4/c1-9-5-11(9)16(19)18-12(8-17)10-6-13(20-2)15(22-4)14(7-10)21-3/h6-7,9,11-12H,5H2,1-4H3,(H,18,19). The van der Waals surface area contributed by atoms with Gasteiger partial charge in [0, 0.05) is 5.92 Å². The van der Waals surface area contributed by atoms with E-state index in [0.29, 0.717) is 28.7 Å². The molecule has 1 saturated carbocycles.